The maximum absolute atomic E-state index is 5.23. The summed E-state index contributed by atoms with van der Waals surface area (Å²) in [4.78, 5) is 10.3. The van der Waals surface area contributed by atoms with Crippen LogP contribution in [-0.4, -0.2) is 11.9 Å². The molecule has 0 bridgehead atoms. The lowest BCUT2D eigenvalue weighted by atomic mass is 9.89. The molecule has 2 heteroatoms. The first kappa shape index (κ1) is 40.4. The van der Waals surface area contributed by atoms with Crippen molar-refractivity contribution in [1.29, 1.82) is 0 Å². The summed E-state index contributed by atoms with van der Waals surface area (Å²) in [7, 11) is 0. The lowest BCUT2D eigenvalue weighted by Crippen LogP contribution is -2.01. The number of nitrogens with zero attached hydrogens (tertiary/aromatic N) is 2. The molecule has 3 aromatic carbocycles. The van der Waals surface area contributed by atoms with E-state index in [1.807, 2.05) is 6.21 Å². The SMILES string of the molecule is CCCCCCCCc1cc(N=C(C=Nc2cc(CCCC)c(CCCC)c(-c3ccccc3)c2)CC)cc(C)c1CCCCCCCC. The summed E-state index contributed by atoms with van der Waals surface area (Å²) in [5.74, 6) is 0. The van der Waals surface area contributed by atoms with Crippen molar-refractivity contribution in [2.24, 2.45) is 9.98 Å². The number of unbranched alkanes of at least 4 members (excludes halogenated alkanes) is 12. The fraction of sp³-hybridized carbons (Fsp3) is 0.574. The van der Waals surface area contributed by atoms with Crippen LogP contribution in [0, 0.1) is 6.92 Å². The van der Waals surface area contributed by atoms with E-state index < -0.39 is 0 Å². The van der Waals surface area contributed by atoms with Crippen molar-refractivity contribution >= 4 is 23.3 Å². The van der Waals surface area contributed by atoms with Crippen LogP contribution in [0.3, 0.4) is 0 Å². The van der Waals surface area contributed by atoms with E-state index in [-0.39, 0.29) is 0 Å². The van der Waals surface area contributed by atoms with E-state index >= 15 is 0 Å². The molecule has 0 aliphatic carbocycles. The zero-order valence-corrected chi connectivity index (χ0v) is 32.5. The lowest BCUT2D eigenvalue weighted by Gasteiger charge is -2.17. The Hall–Kier alpha value is -3.00. The van der Waals surface area contributed by atoms with Crippen LogP contribution in [0.5, 0.6) is 0 Å². The molecule has 0 atom stereocenters. The van der Waals surface area contributed by atoms with E-state index in [0.29, 0.717) is 0 Å². The first-order valence-corrected chi connectivity index (χ1v) is 20.5. The summed E-state index contributed by atoms with van der Waals surface area (Å²) in [6, 6.07) is 20.3. The van der Waals surface area contributed by atoms with E-state index in [2.05, 4.69) is 96.1 Å². The van der Waals surface area contributed by atoms with Crippen molar-refractivity contribution in [2.45, 2.75) is 176 Å². The first-order valence-electron chi connectivity index (χ1n) is 20.5. The van der Waals surface area contributed by atoms with Crippen LogP contribution in [0.2, 0.25) is 0 Å². The van der Waals surface area contributed by atoms with Crippen LogP contribution >= 0.6 is 0 Å². The zero-order valence-electron chi connectivity index (χ0n) is 32.5. The molecule has 0 saturated heterocycles. The maximum Gasteiger partial charge on any atom is 0.0639 e. The molecule has 0 aliphatic rings. The van der Waals surface area contributed by atoms with Crippen LogP contribution in [0.4, 0.5) is 11.4 Å². The average molecular weight is 663 g/mol. The fourth-order valence-corrected chi connectivity index (χ4v) is 7.11. The second-order valence-corrected chi connectivity index (χ2v) is 14.4. The second kappa shape index (κ2) is 24.2. The van der Waals surface area contributed by atoms with Gasteiger partial charge in [-0.25, -0.2) is 0 Å². The Bertz CT molecular complexity index is 1400. The van der Waals surface area contributed by atoms with Crippen LogP contribution in [-0.2, 0) is 25.7 Å². The molecule has 0 heterocycles. The summed E-state index contributed by atoms with van der Waals surface area (Å²) >= 11 is 0. The average Bonchev–Trinajstić information content (AvgIpc) is 3.12. The van der Waals surface area contributed by atoms with E-state index in [9.17, 15) is 0 Å². The molecule has 0 N–H and O–H groups in total. The van der Waals surface area contributed by atoms with Crippen molar-refractivity contribution in [3.8, 4) is 11.1 Å². The van der Waals surface area contributed by atoms with Gasteiger partial charge in [-0.1, -0.05) is 142 Å². The molecule has 0 spiro atoms. The summed E-state index contributed by atoms with van der Waals surface area (Å²) in [5, 5.41) is 0. The largest absolute Gasteiger partial charge is 0.255 e. The van der Waals surface area contributed by atoms with Gasteiger partial charge in [-0.2, -0.15) is 0 Å². The van der Waals surface area contributed by atoms with Crippen LogP contribution in [0.1, 0.15) is 172 Å². The van der Waals surface area contributed by atoms with Crippen LogP contribution in [0.25, 0.3) is 11.1 Å². The summed E-state index contributed by atoms with van der Waals surface area (Å²) in [6.07, 6.45) is 28.4. The highest BCUT2D eigenvalue weighted by atomic mass is 14.8. The monoisotopic (exact) mass is 663 g/mol. The molecule has 3 aromatic rings. The van der Waals surface area contributed by atoms with Crippen molar-refractivity contribution in [3.05, 3.63) is 82.4 Å². The van der Waals surface area contributed by atoms with Gasteiger partial charge in [0.05, 0.1) is 17.1 Å². The van der Waals surface area contributed by atoms with Crippen molar-refractivity contribution < 1.29 is 0 Å². The number of aliphatic imine (C=N–C) groups is 2. The molecule has 0 fully saturated rings. The van der Waals surface area contributed by atoms with Gasteiger partial charge in [-0.05, 0) is 128 Å². The van der Waals surface area contributed by atoms with Gasteiger partial charge in [0.25, 0.3) is 0 Å². The number of rotatable bonds is 25. The highest BCUT2D eigenvalue weighted by Gasteiger charge is 2.13. The fourth-order valence-electron chi connectivity index (χ4n) is 7.11. The Labute approximate surface area is 302 Å². The molecule has 0 aromatic heterocycles. The van der Waals surface area contributed by atoms with E-state index in [1.165, 1.54) is 149 Å². The molecule has 49 heavy (non-hydrogen) atoms. The molecular weight excluding hydrogens is 593 g/mol. The van der Waals surface area contributed by atoms with E-state index in [0.717, 1.165) is 36.3 Å². The smallest absolute Gasteiger partial charge is 0.0639 e. The molecule has 3 rings (SSSR count). The Kier molecular flexibility index (Phi) is 20.0. The number of hydrogen-bond acceptors (Lipinski definition) is 2. The minimum absolute atomic E-state index is 0.859. The minimum Gasteiger partial charge on any atom is -0.255 e. The lowest BCUT2D eigenvalue weighted by molar-refractivity contribution is 0.598. The number of benzene rings is 3. The summed E-state index contributed by atoms with van der Waals surface area (Å²) in [5.41, 5.74) is 13.3. The van der Waals surface area contributed by atoms with Gasteiger partial charge in [0.2, 0.25) is 0 Å². The Morgan fingerprint density at radius 1 is 0.531 bits per heavy atom. The predicted molar refractivity (Wildman–Crippen MR) is 220 cm³/mol. The molecular formula is C47H70N2. The molecule has 0 radical (unpaired) electrons. The Morgan fingerprint density at radius 3 is 1.71 bits per heavy atom. The van der Waals surface area contributed by atoms with Gasteiger partial charge >= 0.3 is 0 Å². The first-order chi connectivity index (χ1) is 24.0. The van der Waals surface area contributed by atoms with Gasteiger partial charge in [-0.15, -0.1) is 0 Å². The maximum atomic E-state index is 5.23. The molecule has 0 saturated carbocycles. The van der Waals surface area contributed by atoms with E-state index in [1.54, 1.807) is 5.56 Å². The molecule has 2 nitrogen and oxygen atoms in total. The third-order valence-electron chi connectivity index (χ3n) is 10.1. The molecule has 0 amide bonds. The summed E-state index contributed by atoms with van der Waals surface area (Å²) in [6.45, 7) is 13.7. The minimum atomic E-state index is 0.859. The third kappa shape index (κ3) is 14.4. The van der Waals surface area contributed by atoms with E-state index in [4.69, 9.17) is 9.98 Å². The number of hydrogen-bond donors (Lipinski definition) is 0. The normalized spacial score (nSPS) is 12.0. The standard InChI is InChI=1S/C47H70N2/c1-7-12-16-18-20-23-30-40-35-44(33-38(6)45(40)32-26-21-19-17-13-8-2)49-42(11-5)37-48-43-34-41(27-14-9-3)46(31-15-10-4)47(36-43)39-28-24-22-25-29-39/h22,24-25,28-29,33-37H,7-21,23,26-27,30-32H2,1-6H3. The van der Waals surface area contributed by atoms with Crippen LogP contribution < -0.4 is 0 Å². The van der Waals surface area contributed by atoms with Gasteiger partial charge in [0.15, 0.2) is 0 Å². The van der Waals surface area contributed by atoms with Crippen molar-refractivity contribution in [3.63, 3.8) is 0 Å². The zero-order chi connectivity index (χ0) is 35.1. The quantitative estimate of drug-likeness (QED) is 0.0637. The predicted octanol–water partition coefficient (Wildman–Crippen LogP) is 15.0. The van der Waals surface area contributed by atoms with Gasteiger partial charge in [0, 0.05) is 6.21 Å². The van der Waals surface area contributed by atoms with Crippen molar-refractivity contribution in [2.75, 3.05) is 0 Å². The van der Waals surface area contributed by atoms with Gasteiger partial charge < -0.3 is 0 Å². The molecule has 0 unspecified atom stereocenters. The highest BCUT2D eigenvalue weighted by Crippen LogP contribution is 2.34. The summed E-state index contributed by atoms with van der Waals surface area (Å²) < 4.78 is 0. The van der Waals surface area contributed by atoms with Crippen molar-refractivity contribution in [1.82, 2.24) is 0 Å². The number of aryl methyl sites for hydroxylation is 3. The Morgan fingerprint density at radius 2 is 1.06 bits per heavy atom. The van der Waals surface area contributed by atoms with Gasteiger partial charge in [0.1, 0.15) is 0 Å². The van der Waals surface area contributed by atoms with Crippen LogP contribution in [0.15, 0.2) is 64.6 Å². The second-order valence-electron chi connectivity index (χ2n) is 14.4. The third-order valence-corrected chi connectivity index (χ3v) is 10.1. The highest BCUT2D eigenvalue weighted by molar-refractivity contribution is 6.31. The van der Waals surface area contributed by atoms with Gasteiger partial charge in [-0.3, -0.25) is 9.98 Å². The molecule has 268 valence electrons. The topological polar surface area (TPSA) is 24.7 Å². The molecule has 0 aliphatic heterocycles. The Balaban J connectivity index is 1.91.